The summed E-state index contributed by atoms with van der Waals surface area (Å²) in [5, 5.41) is 0.0705. The Morgan fingerprint density at radius 3 is 2.82 bits per heavy atom. The third kappa shape index (κ3) is 2.69. The molecule has 1 aromatic heterocycles. The maximum absolute atomic E-state index is 13.7. The van der Waals surface area contributed by atoms with Gasteiger partial charge in [0.2, 0.25) is 0 Å². The van der Waals surface area contributed by atoms with Crippen molar-refractivity contribution in [2.24, 2.45) is 0 Å². The fourth-order valence-corrected chi connectivity index (χ4v) is 2.20. The van der Waals surface area contributed by atoms with Crippen molar-refractivity contribution in [1.29, 1.82) is 0 Å². The highest BCUT2D eigenvalue weighted by molar-refractivity contribution is 14.1. The lowest BCUT2D eigenvalue weighted by molar-refractivity contribution is 0.596. The normalized spacial score (nSPS) is 10.5. The molecule has 0 saturated heterocycles. The van der Waals surface area contributed by atoms with Gasteiger partial charge in [0.05, 0.1) is 15.1 Å². The number of pyridine rings is 1. The van der Waals surface area contributed by atoms with Crippen molar-refractivity contribution in [3.05, 3.63) is 66.9 Å². The molecule has 0 fully saturated rings. The molecule has 0 atom stereocenters. The van der Waals surface area contributed by atoms with E-state index in [1.54, 1.807) is 30.5 Å². The maximum atomic E-state index is 13.7. The van der Waals surface area contributed by atoms with Crippen LogP contribution >= 0.6 is 34.2 Å². The molecule has 0 bridgehead atoms. The highest BCUT2D eigenvalue weighted by Gasteiger charge is 2.08. The Bertz CT molecular complexity index is 612. The molecular formula is C12H8ClFINO. The quantitative estimate of drug-likeness (QED) is 0.751. The number of hydrogen-bond acceptors (Lipinski definition) is 1. The monoisotopic (exact) mass is 363 g/mol. The topological polar surface area (TPSA) is 22.0 Å². The Morgan fingerprint density at radius 2 is 2.06 bits per heavy atom. The second-order valence-electron chi connectivity index (χ2n) is 3.50. The fraction of sp³-hybridized carbons (Fsp3) is 0.0833. The van der Waals surface area contributed by atoms with Crippen LogP contribution in [-0.4, -0.2) is 4.57 Å². The summed E-state index contributed by atoms with van der Waals surface area (Å²) in [6.07, 6.45) is 1.63. The van der Waals surface area contributed by atoms with E-state index in [0.717, 1.165) is 0 Å². The van der Waals surface area contributed by atoms with Crippen LogP contribution in [0.25, 0.3) is 0 Å². The van der Waals surface area contributed by atoms with Crippen LogP contribution < -0.4 is 5.56 Å². The van der Waals surface area contributed by atoms with Gasteiger partial charge in [-0.3, -0.25) is 4.79 Å². The van der Waals surface area contributed by atoms with Crippen molar-refractivity contribution in [1.82, 2.24) is 4.57 Å². The summed E-state index contributed by atoms with van der Waals surface area (Å²) in [5.41, 5.74) is 0.272. The zero-order chi connectivity index (χ0) is 12.4. The van der Waals surface area contributed by atoms with Crippen molar-refractivity contribution < 1.29 is 4.39 Å². The Morgan fingerprint density at radius 1 is 1.29 bits per heavy atom. The van der Waals surface area contributed by atoms with Gasteiger partial charge >= 0.3 is 0 Å². The van der Waals surface area contributed by atoms with Gasteiger partial charge in [-0.1, -0.05) is 23.7 Å². The average molecular weight is 364 g/mol. The lowest BCUT2D eigenvalue weighted by atomic mass is 10.2. The molecule has 17 heavy (non-hydrogen) atoms. The first-order chi connectivity index (χ1) is 8.09. The number of halogens is 3. The van der Waals surface area contributed by atoms with Gasteiger partial charge < -0.3 is 4.57 Å². The van der Waals surface area contributed by atoms with Crippen molar-refractivity contribution in [3.63, 3.8) is 0 Å². The summed E-state index contributed by atoms with van der Waals surface area (Å²) in [4.78, 5) is 11.8. The maximum Gasteiger partial charge on any atom is 0.264 e. The molecule has 0 aliphatic carbocycles. The molecule has 0 saturated carbocycles. The summed E-state index contributed by atoms with van der Waals surface area (Å²) in [5.74, 6) is -0.472. The Kier molecular flexibility index (Phi) is 3.83. The third-order valence-corrected chi connectivity index (χ3v) is 3.46. The number of benzene rings is 1. The van der Waals surface area contributed by atoms with E-state index in [1.807, 2.05) is 22.6 Å². The summed E-state index contributed by atoms with van der Waals surface area (Å²) >= 11 is 7.64. The number of aromatic nitrogens is 1. The van der Waals surface area contributed by atoms with Crippen LogP contribution in [0.4, 0.5) is 4.39 Å². The molecule has 5 heteroatoms. The third-order valence-electron chi connectivity index (χ3n) is 2.35. The molecule has 0 amide bonds. The molecule has 1 heterocycles. The van der Waals surface area contributed by atoms with Crippen LogP contribution in [0.2, 0.25) is 5.02 Å². The van der Waals surface area contributed by atoms with Crippen LogP contribution in [-0.2, 0) is 6.54 Å². The van der Waals surface area contributed by atoms with Crippen LogP contribution in [0, 0.1) is 9.39 Å². The highest BCUT2D eigenvalue weighted by Crippen LogP contribution is 2.18. The van der Waals surface area contributed by atoms with Crippen molar-refractivity contribution in [2.45, 2.75) is 6.54 Å². The van der Waals surface area contributed by atoms with Crippen molar-refractivity contribution >= 4 is 34.2 Å². The Labute approximate surface area is 116 Å². The van der Waals surface area contributed by atoms with Gasteiger partial charge in [0.15, 0.2) is 0 Å². The molecule has 2 nitrogen and oxygen atoms in total. The Hall–Kier alpha value is -0.880. The van der Waals surface area contributed by atoms with E-state index in [9.17, 15) is 9.18 Å². The molecule has 0 aliphatic rings. The predicted molar refractivity (Wildman–Crippen MR) is 73.9 cm³/mol. The van der Waals surface area contributed by atoms with Gasteiger partial charge in [-0.25, -0.2) is 4.39 Å². The minimum atomic E-state index is -0.472. The first kappa shape index (κ1) is 12.6. The number of rotatable bonds is 2. The number of nitrogens with zero attached hydrogens (tertiary/aromatic N) is 1. The summed E-state index contributed by atoms with van der Waals surface area (Å²) in [7, 11) is 0. The second kappa shape index (κ2) is 5.18. The molecule has 0 unspecified atom stereocenters. The SMILES string of the molecule is O=c1c(I)cccn1Cc1cccc(Cl)c1F. The van der Waals surface area contributed by atoms with E-state index in [4.69, 9.17) is 11.6 Å². The molecule has 2 rings (SSSR count). The average Bonchev–Trinajstić information content (AvgIpc) is 2.31. The Balaban J connectivity index is 2.42. The largest absolute Gasteiger partial charge is 0.310 e. The summed E-state index contributed by atoms with van der Waals surface area (Å²) in [6.45, 7) is 0.183. The highest BCUT2D eigenvalue weighted by atomic mass is 127. The number of hydrogen-bond donors (Lipinski definition) is 0. The van der Waals surface area contributed by atoms with Crippen molar-refractivity contribution in [3.8, 4) is 0 Å². The molecule has 0 aliphatic heterocycles. The first-order valence-corrected chi connectivity index (χ1v) is 6.33. The molecular weight excluding hydrogens is 355 g/mol. The summed E-state index contributed by atoms with van der Waals surface area (Å²) in [6, 6.07) is 8.24. The molecule has 1 aromatic carbocycles. The molecule has 2 aromatic rings. The van der Waals surface area contributed by atoms with Gasteiger partial charge in [-0.15, -0.1) is 0 Å². The molecule has 0 N–H and O–H groups in total. The fourth-order valence-electron chi connectivity index (χ4n) is 1.49. The van der Waals surface area contributed by atoms with E-state index in [-0.39, 0.29) is 17.1 Å². The van der Waals surface area contributed by atoms with Gasteiger partial charge in [0, 0.05) is 11.8 Å². The zero-order valence-corrected chi connectivity index (χ0v) is 11.6. The first-order valence-electron chi connectivity index (χ1n) is 4.87. The van der Waals surface area contributed by atoms with Crippen LogP contribution in [0.3, 0.4) is 0 Å². The van der Waals surface area contributed by atoms with Crippen LogP contribution in [0.15, 0.2) is 41.3 Å². The standard InChI is InChI=1S/C12H8ClFINO/c13-9-4-1-3-8(11(9)14)7-16-6-2-5-10(15)12(16)17/h1-6H,7H2. The van der Waals surface area contributed by atoms with E-state index >= 15 is 0 Å². The summed E-state index contributed by atoms with van der Waals surface area (Å²) < 4.78 is 15.7. The van der Waals surface area contributed by atoms with Gasteiger partial charge in [0.25, 0.3) is 5.56 Å². The predicted octanol–water partition coefficient (Wildman–Crippen LogP) is 3.29. The van der Waals surface area contributed by atoms with Crippen LogP contribution in [0.5, 0.6) is 0 Å². The van der Waals surface area contributed by atoms with E-state index in [2.05, 4.69) is 0 Å². The smallest absolute Gasteiger partial charge is 0.264 e. The molecule has 0 radical (unpaired) electrons. The lowest BCUT2D eigenvalue weighted by Gasteiger charge is -2.07. The van der Waals surface area contributed by atoms with E-state index in [1.165, 1.54) is 10.6 Å². The van der Waals surface area contributed by atoms with E-state index < -0.39 is 5.82 Å². The van der Waals surface area contributed by atoms with Gasteiger partial charge in [-0.2, -0.15) is 0 Å². The molecule has 88 valence electrons. The van der Waals surface area contributed by atoms with E-state index in [0.29, 0.717) is 9.13 Å². The zero-order valence-electron chi connectivity index (χ0n) is 8.66. The van der Waals surface area contributed by atoms with Gasteiger partial charge in [-0.05, 0) is 40.8 Å². The molecule has 0 spiro atoms. The van der Waals surface area contributed by atoms with Crippen LogP contribution in [0.1, 0.15) is 5.56 Å². The van der Waals surface area contributed by atoms with Crippen molar-refractivity contribution in [2.75, 3.05) is 0 Å². The minimum Gasteiger partial charge on any atom is -0.310 e. The van der Waals surface area contributed by atoms with Gasteiger partial charge in [0.1, 0.15) is 5.82 Å². The lowest BCUT2D eigenvalue weighted by Crippen LogP contribution is -2.22. The minimum absolute atomic E-state index is 0.0705. The second-order valence-corrected chi connectivity index (χ2v) is 5.07.